The van der Waals surface area contributed by atoms with Gasteiger partial charge in [0.05, 0.1) is 16.4 Å². The van der Waals surface area contributed by atoms with Crippen molar-refractivity contribution < 1.29 is 4.39 Å². The summed E-state index contributed by atoms with van der Waals surface area (Å²) in [7, 11) is 0. The first-order chi connectivity index (χ1) is 9.08. The minimum absolute atomic E-state index is 0.164. The molecule has 102 valence electrons. The average Bonchev–Trinajstić information content (AvgIpc) is 2.91. The smallest absolute Gasteiger partial charge is 0.127 e. The maximum Gasteiger partial charge on any atom is 0.127 e. The van der Waals surface area contributed by atoms with Crippen LogP contribution in [0.25, 0.3) is 11.0 Å². The van der Waals surface area contributed by atoms with Gasteiger partial charge >= 0.3 is 0 Å². The van der Waals surface area contributed by atoms with Crippen molar-refractivity contribution in [3.63, 3.8) is 0 Å². The second kappa shape index (κ2) is 4.78. The Balaban J connectivity index is 2.22. The van der Waals surface area contributed by atoms with Gasteiger partial charge in [0.2, 0.25) is 0 Å². The number of alkyl halides is 1. The predicted molar refractivity (Wildman–Crippen MR) is 76.0 cm³/mol. The molecule has 0 spiro atoms. The molecule has 3 rings (SSSR count). The van der Waals surface area contributed by atoms with Crippen molar-refractivity contribution >= 4 is 22.6 Å². The van der Waals surface area contributed by atoms with Crippen molar-refractivity contribution in [3.8, 4) is 0 Å². The summed E-state index contributed by atoms with van der Waals surface area (Å²) in [5.74, 6) is 1.24. The third-order valence-corrected chi connectivity index (χ3v) is 4.38. The van der Waals surface area contributed by atoms with Gasteiger partial charge in [-0.2, -0.15) is 0 Å². The van der Waals surface area contributed by atoms with E-state index in [0.29, 0.717) is 17.5 Å². The highest BCUT2D eigenvalue weighted by molar-refractivity contribution is 6.20. The standard InChI is InChI=1S/C15H18ClFN2/c1-9-4-3-5-13(9)19-14-7-6-11(17)8-12(14)18-15(19)10(2)16/h6-10,13H,3-5H2,1-2H3. The van der Waals surface area contributed by atoms with E-state index in [1.807, 2.05) is 13.0 Å². The lowest BCUT2D eigenvalue weighted by molar-refractivity contribution is 0.405. The van der Waals surface area contributed by atoms with Gasteiger partial charge in [-0.15, -0.1) is 11.6 Å². The number of nitrogens with zero attached hydrogens (tertiary/aromatic N) is 2. The van der Waals surface area contributed by atoms with Crippen molar-refractivity contribution in [1.29, 1.82) is 0 Å². The third-order valence-electron chi connectivity index (χ3n) is 4.18. The Morgan fingerprint density at radius 2 is 2.21 bits per heavy atom. The third kappa shape index (κ3) is 2.14. The summed E-state index contributed by atoms with van der Waals surface area (Å²) in [4.78, 5) is 4.54. The van der Waals surface area contributed by atoms with Gasteiger partial charge in [-0.05, 0) is 37.8 Å². The van der Waals surface area contributed by atoms with Gasteiger partial charge in [0.25, 0.3) is 0 Å². The summed E-state index contributed by atoms with van der Waals surface area (Å²) in [6, 6.07) is 5.26. The zero-order chi connectivity index (χ0) is 13.6. The van der Waals surface area contributed by atoms with Crippen LogP contribution in [0.3, 0.4) is 0 Å². The van der Waals surface area contributed by atoms with Gasteiger partial charge in [-0.1, -0.05) is 13.3 Å². The first kappa shape index (κ1) is 12.9. The zero-order valence-corrected chi connectivity index (χ0v) is 12.0. The predicted octanol–water partition coefficient (Wildman–Crippen LogP) is 4.84. The van der Waals surface area contributed by atoms with Gasteiger partial charge in [0.15, 0.2) is 0 Å². The molecule has 0 N–H and O–H groups in total. The van der Waals surface area contributed by atoms with Crippen molar-refractivity contribution in [1.82, 2.24) is 9.55 Å². The molecule has 1 aliphatic rings. The highest BCUT2D eigenvalue weighted by Crippen LogP contribution is 2.40. The number of rotatable bonds is 2. The van der Waals surface area contributed by atoms with E-state index in [4.69, 9.17) is 11.6 Å². The SMILES string of the molecule is CC(Cl)c1nc2cc(F)ccc2n1C1CCCC1C. The number of hydrogen-bond donors (Lipinski definition) is 0. The maximum absolute atomic E-state index is 13.4. The summed E-state index contributed by atoms with van der Waals surface area (Å²) in [6.45, 7) is 4.20. The first-order valence-electron chi connectivity index (χ1n) is 6.89. The van der Waals surface area contributed by atoms with Crippen molar-refractivity contribution in [2.24, 2.45) is 5.92 Å². The highest BCUT2D eigenvalue weighted by Gasteiger charge is 2.29. The van der Waals surface area contributed by atoms with E-state index in [1.54, 1.807) is 0 Å². The molecule has 3 atom stereocenters. The molecule has 2 aromatic rings. The topological polar surface area (TPSA) is 17.8 Å². The fraction of sp³-hybridized carbons (Fsp3) is 0.533. The quantitative estimate of drug-likeness (QED) is 0.720. The van der Waals surface area contributed by atoms with E-state index in [0.717, 1.165) is 17.8 Å². The lowest BCUT2D eigenvalue weighted by atomic mass is 10.1. The maximum atomic E-state index is 13.4. The Hall–Kier alpha value is -1.09. The Kier molecular flexibility index (Phi) is 3.25. The molecule has 19 heavy (non-hydrogen) atoms. The van der Waals surface area contributed by atoms with Gasteiger partial charge in [-0.3, -0.25) is 0 Å². The minimum Gasteiger partial charge on any atom is -0.323 e. The molecule has 0 bridgehead atoms. The van der Waals surface area contributed by atoms with Gasteiger partial charge in [-0.25, -0.2) is 9.37 Å². The lowest BCUT2D eigenvalue weighted by Crippen LogP contribution is -2.15. The molecule has 1 aromatic heterocycles. The van der Waals surface area contributed by atoms with Gasteiger partial charge < -0.3 is 4.57 Å². The van der Waals surface area contributed by atoms with Crippen LogP contribution in [0.1, 0.15) is 50.4 Å². The van der Waals surface area contributed by atoms with Crippen molar-refractivity contribution in [3.05, 3.63) is 29.8 Å². The van der Waals surface area contributed by atoms with Crippen LogP contribution < -0.4 is 0 Å². The Labute approximate surface area is 117 Å². The van der Waals surface area contributed by atoms with Crippen LogP contribution in [0.15, 0.2) is 18.2 Å². The molecule has 1 fully saturated rings. The molecule has 0 amide bonds. The van der Waals surface area contributed by atoms with Crippen molar-refractivity contribution in [2.45, 2.75) is 44.5 Å². The first-order valence-corrected chi connectivity index (χ1v) is 7.33. The van der Waals surface area contributed by atoms with Crippen LogP contribution in [-0.4, -0.2) is 9.55 Å². The fourth-order valence-electron chi connectivity index (χ4n) is 3.23. The summed E-state index contributed by atoms with van der Waals surface area (Å²) in [5, 5.41) is -0.164. The number of fused-ring (bicyclic) bond motifs is 1. The fourth-order valence-corrected chi connectivity index (χ4v) is 3.38. The number of aromatic nitrogens is 2. The Bertz CT molecular complexity index is 605. The highest BCUT2D eigenvalue weighted by atomic mass is 35.5. The number of hydrogen-bond acceptors (Lipinski definition) is 1. The molecule has 1 aliphatic carbocycles. The molecule has 1 saturated carbocycles. The van der Waals surface area contributed by atoms with E-state index < -0.39 is 0 Å². The van der Waals surface area contributed by atoms with Crippen LogP contribution in [-0.2, 0) is 0 Å². The summed E-state index contributed by atoms with van der Waals surface area (Å²) >= 11 is 6.27. The average molecular weight is 281 g/mol. The second-order valence-electron chi connectivity index (χ2n) is 5.56. The Morgan fingerprint density at radius 1 is 1.42 bits per heavy atom. The number of imidazole rings is 1. The minimum atomic E-state index is -0.245. The lowest BCUT2D eigenvalue weighted by Gasteiger charge is -2.21. The molecular formula is C15H18ClFN2. The van der Waals surface area contributed by atoms with E-state index in [1.165, 1.54) is 25.0 Å². The normalized spacial score (nSPS) is 25.1. The van der Waals surface area contributed by atoms with Crippen LogP contribution in [0, 0.1) is 11.7 Å². The molecule has 0 saturated heterocycles. The summed E-state index contributed by atoms with van der Waals surface area (Å²) in [5.41, 5.74) is 1.71. The summed E-state index contributed by atoms with van der Waals surface area (Å²) < 4.78 is 15.6. The van der Waals surface area contributed by atoms with Gasteiger partial charge in [0.1, 0.15) is 11.6 Å². The van der Waals surface area contributed by atoms with Crippen LogP contribution >= 0.6 is 11.6 Å². The van der Waals surface area contributed by atoms with Crippen LogP contribution in [0.2, 0.25) is 0 Å². The molecule has 1 heterocycles. The number of benzene rings is 1. The van der Waals surface area contributed by atoms with Crippen molar-refractivity contribution in [2.75, 3.05) is 0 Å². The van der Waals surface area contributed by atoms with E-state index in [-0.39, 0.29) is 11.2 Å². The van der Waals surface area contributed by atoms with Crippen LogP contribution in [0.5, 0.6) is 0 Å². The molecule has 4 heteroatoms. The molecule has 2 nitrogen and oxygen atoms in total. The largest absolute Gasteiger partial charge is 0.323 e. The molecule has 0 radical (unpaired) electrons. The second-order valence-corrected chi connectivity index (χ2v) is 6.22. The zero-order valence-electron chi connectivity index (χ0n) is 11.2. The van der Waals surface area contributed by atoms with E-state index in [2.05, 4.69) is 16.5 Å². The molecule has 1 aromatic carbocycles. The molecular weight excluding hydrogens is 263 g/mol. The van der Waals surface area contributed by atoms with Gasteiger partial charge in [0, 0.05) is 12.1 Å². The summed E-state index contributed by atoms with van der Waals surface area (Å²) in [6.07, 6.45) is 3.63. The van der Waals surface area contributed by atoms with Crippen LogP contribution in [0.4, 0.5) is 4.39 Å². The monoisotopic (exact) mass is 280 g/mol. The van der Waals surface area contributed by atoms with E-state index >= 15 is 0 Å². The van der Waals surface area contributed by atoms with E-state index in [9.17, 15) is 4.39 Å². The molecule has 0 aliphatic heterocycles. The number of halogens is 2. The Morgan fingerprint density at radius 3 is 2.84 bits per heavy atom. The molecule has 3 unspecified atom stereocenters.